The Morgan fingerprint density at radius 2 is 1.90 bits per heavy atom. The molecule has 2 aliphatic rings. The van der Waals surface area contributed by atoms with E-state index in [4.69, 9.17) is 5.73 Å². The van der Waals surface area contributed by atoms with E-state index in [0.29, 0.717) is 17.8 Å². The molecule has 31 heavy (non-hydrogen) atoms. The minimum Gasteiger partial charge on any atom is -0.369 e. The molecule has 0 unspecified atom stereocenters. The normalized spacial score (nSPS) is 18.2. The zero-order valence-corrected chi connectivity index (χ0v) is 18.1. The lowest BCUT2D eigenvalue weighted by Crippen LogP contribution is -2.39. The van der Waals surface area contributed by atoms with E-state index in [0.717, 1.165) is 21.1 Å². The van der Waals surface area contributed by atoms with Gasteiger partial charge in [-0.15, -0.1) is 11.3 Å². The molecule has 3 aromatic rings. The summed E-state index contributed by atoms with van der Waals surface area (Å²) in [6.45, 7) is 0.692. The van der Waals surface area contributed by atoms with Gasteiger partial charge >= 0.3 is 0 Å². The number of rotatable bonds is 4. The zero-order chi connectivity index (χ0) is 21.6. The van der Waals surface area contributed by atoms with E-state index in [1.807, 2.05) is 41.8 Å². The second-order valence-corrected chi connectivity index (χ2v) is 10.2. The molecule has 1 aromatic heterocycles. The number of aliphatic imine (C=N–C) groups is 1. The largest absolute Gasteiger partial charge is 0.369 e. The van der Waals surface area contributed by atoms with Crippen molar-refractivity contribution in [3.8, 4) is 0 Å². The predicted octanol–water partition coefficient (Wildman–Crippen LogP) is 3.01. The van der Waals surface area contributed by atoms with E-state index < -0.39 is 10.0 Å². The van der Waals surface area contributed by atoms with E-state index in [9.17, 15) is 13.2 Å². The number of nitrogens with zero attached hydrogens (tertiary/aromatic N) is 3. The summed E-state index contributed by atoms with van der Waals surface area (Å²) in [5.74, 6) is -0.0742. The lowest BCUT2D eigenvalue weighted by Gasteiger charge is -2.20. The standard InChI is InChI=1S/C22H20N4O3S2/c23-22-24-18(15-5-2-1-3-6-15)14-26(22)31(28,29)17-8-9-19-16(13-17)10-11-25(19)21(27)20-7-4-12-30-20/h1-9,12-13,18H,10-11,14H2,(H2,23,24)/t18-/m1/s1. The van der Waals surface area contributed by atoms with Gasteiger partial charge in [0.15, 0.2) is 0 Å². The van der Waals surface area contributed by atoms with Crippen molar-refractivity contribution in [2.75, 3.05) is 18.0 Å². The fraction of sp³-hybridized carbons (Fsp3) is 0.182. The Hall–Kier alpha value is -3.17. The Balaban J connectivity index is 1.41. The summed E-state index contributed by atoms with van der Waals surface area (Å²) in [4.78, 5) is 19.6. The van der Waals surface area contributed by atoms with E-state index in [1.165, 1.54) is 17.4 Å². The first kappa shape index (κ1) is 19.8. The first-order valence-electron chi connectivity index (χ1n) is 9.84. The topological polar surface area (TPSA) is 96.1 Å². The van der Waals surface area contributed by atoms with Crippen molar-refractivity contribution in [3.05, 3.63) is 82.0 Å². The SMILES string of the molecule is NC1=N[C@@H](c2ccccc2)CN1S(=O)(=O)c1ccc2c(c1)CCN2C(=O)c1cccs1. The molecule has 0 aliphatic carbocycles. The molecule has 2 N–H and O–H groups in total. The summed E-state index contributed by atoms with van der Waals surface area (Å²) < 4.78 is 27.8. The molecule has 0 radical (unpaired) electrons. The monoisotopic (exact) mass is 452 g/mol. The van der Waals surface area contributed by atoms with Crippen LogP contribution in [0.15, 0.2) is 75.9 Å². The molecule has 0 saturated carbocycles. The molecule has 3 heterocycles. The second kappa shape index (κ2) is 7.51. The number of nitrogens with two attached hydrogens (primary N) is 1. The summed E-state index contributed by atoms with van der Waals surface area (Å²) in [6, 6.07) is 17.7. The molecule has 158 valence electrons. The van der Waals surface area contributed by atoms with Crippen LogP contribution in [0.4, 0.5) is 5.69 Å². The molecule has 1 amide bonds. The number of thiophene rings is 1. The number of fused-ring (bicyclic) bond motifs is 1. The van der Waals surface area contributed by atoms with Crippen LogP contribution in [-0.2, 0) is 16.4 Å². The van der Waals surface area contributed by atoms with E-state index >= 15 is 0 Å². The van der Waals surface area contributed by atoms with Crippen molar-refractivity contribution >= 4 is 38.9 Å². The van der Waals surface area contributed by atoms with Crippen molar-refractivity contribution < 1.29 is 13.2 Å². The van der Waals surface area contributed by atoms with Gasteiger partial charge in [-0.2, -0.15) is 0 Å². The third-order valence-electron chi connectivity index (χ3n) is 5.58. The number of hydrogen-bond donors (Lipinski definition) is 1. The fourth-order valence-electron chi connectivity index (χ4n) is 4.00. The van der Waals surface area contributed by atoms with Gasteiger partial charge in [0.25, 0.3) is 15.9 Å². The summed E-state index contributed by atoms with van der Waals surface area (Å²) in [5, 5.41) is 1.87. The Labute approximate surface area is 184 Å². The highest BCUT2D eigenvalue weighted by molar-refractivity contribution is 7.89. The molecule has 2 aromatic carbocycles. The predicted molar refractivity (Wildman–Crippen MR) is 121 cm³/mol. The summed E-state index contributed by atoms with van der Waals surface area (Å²) in [5.41, 5.74) is 8.51. The zero-order valence-electron chi connectivity index (χ0n) is 16.5. The van der Waals surface area contributed by atoms with Crippen LogP contribution in [0.25, 0.3) is 0 Å². The van der Waals surface area contributed by atoms with Crippen LogP contribution in [-0.4, -0.2) is 37.7 Å². The van der Waals surface area contributed by atoms with Crippen LogP contribution in [0.2, 0.25) is 0 Å². The highest BCUT2D eigenvalue weighted by Crippen LogP contribution is 2.34. The molecule has 0 spiro atoms. The van der Waals surface area contributed by atoms with Crippen molar-refractivity contribution in [2.24, 2.45) is 10.7 Å². The van der Waals surface area contributed by atoms with Crippen molar-refractivity contribution in [1.29, 1.82) is 0 Å². The first-order valence-corrected chi connectivity index (χ1v) is 12.2. The number of amides is 1. The second-order valence-electron chi connectivity index (χ2n) is 7.42. The number of sulfonamides is 1. The Morgan fingerprint density at radius 3 is 2.65 bits per heavy atom. The van der Waals surface area contributed by atoms with Crippen LogP contribution in [0.1, 0.15) is 26.8 Å². The van der Waals surface area contributed by atoms with Crippen LogP contribution in [0.3, 0.4) is 0 Å². The van der Waals surface area contributed by atoms with Crippen LogP contribution in [0.5, 0.6) is 0 Å². The van der Waals surface area contributed by atoms with Crippen LogP contribution >= 0.6 is 11.3 Å². The minimum atomic E-state index is -3.86. The molecular formula is C22H20N4O3S2. The number of anilines is 1. The molecule has 0 bridgehead atoms. The van der Waals surface area contributed by atoms with E-state index in [1.54, 1.807) is 23.1 Å². The summed E-state index contributed by atoms with van der Waals surface area (Å²) in [6.07, 6.45) is 0.603. The smallest absolute Gasteiger partial charge is 0.268 e. The van der Waals surface area contributed by atoms with Gasteiger partial charge in [-0.1, -0.05) is 36.4 Å². The highest BCUT2D eigenvalue weighted by atomic mass is 32.2. The molecule has 7 nitrogen and oxygen atoms in total. The molecular weight excluding hydrogens is 432 g/mol. The molecule has 5 rings (SSSR count). The van der Waals surface area contributed by atoms with Crippen molar-refractivity contribution in [2.45, 2.75) is 17.4 Å². The maximum Gasteiger partial charge on any atom is 0.268 e. The molecule has 0 fully saturated rings. The molecule has 1 atom stereocenters. The summed E-state index contributed by atoms with van der Waals surface area (Å²) in [7, 11) is -3.86. The fourth-order valence-corrected chi connectivity index (χ4v) is 6.09. The van der Waals surface area contributed by atoms with E-state index in [2.05, 4.69) is 4.99 Å². The van der Waals surface area contributed by atoms with Gasteiger partial charge in [-0.3, -0.25) is 4.79 Å². The lowest BCUT2D eigenvalue weighted by atomic mass is 10.1. The van der Waals surface area contributed by atoms with Gasteiger partial charge in [0.05, 0.1) is 22.4 Å². The highest BCUT2D eigenvalue weighted by Gasteiger charge is 2.35. The van der Waals surface area contributed by atoms with Gasteiger partial charge in [0, 0.05) is 12.2 Å². The van der Waals surface area contributed by atoms with Crippen molar-refractivity contribution in [1.82, 2.24) is 4.31 Å². The van der Waals surface area contributed by atoms with E-state index in [-0.39, 0.29) is 29.3 Å². The van der Waals surface area contributed by atoms with Crippen molar-refractivity contribution in [3.63, 3.8) is 0 Å². The minimum absolute atomic E-state index is 0.0103. The number of hydrogen-bond acceptors (Lipinski definition) is 6. The first-order chi connectivity index (χ1) is 14.9. The number of carbonyl (C=O) groups is 1. The third-order valence-corrected chi connectivity index (χ3v) is 8.20. The quantitative estimate of drug-likeness (QED) is 0.658. The summed E-state index contributed by atoms with van der Waals surface area (Å²) >= 11 is 1.39. The molecule has 2 aliphatic heterocycles. The van der Waals surface area contributed by atoms with Gasteiger partial charge in [0.2, 0.25) is 5.96 Å². The molecule has 9 heteroatoms. The van der Waals surface area contributed by atoms with Crippen LogP contribution in [0, 0.1) is 0 Å². The van der Waals surface area contributed by atoms with Gasteiger partial charge in [-0.05, 0) is 47.2 Å². The van der Waals surface area contributed by atoms with Gasteiger partial charge < -0.3 is 10.6 Å². The Bertz CT molecular complexity index is 1270. The average Bonchev–Trinajstić information content (AvgIpc) is 3.53. The maximum absolute atomic E-state index is 13.3. The lowest BCUT2D eigenvalue weighted by molar-refractivity contribution is 0.0993. The Kier molecular flexibility index (Phi) is 4.79. The van der Waals surface area contributed by atoms with Gasteiger partial charge in [0.1, 0.15) is 0 Å². The Morgan fingerprint density at radius 1 is 1.10 bits per heavy atom. The molecule has 0 saturated heterocycles. The average molecular weight is 453 g/mol. The number of guanidine groups is 1. The van der Waals surface area contributed by atoms with Crippen LogP contribution < -0.4 is 10.6 Å². The maximum atomic E-state index is 13.3. The van der Waals surface area contributed by atoms with Gasteiger partial charge in [-0.25, -0.2) is 17.7 Å². The number of benzene rings is 2. The third kappa shape index (κ3) is 3.39. The number of carbonyl (C=O) groups excluding carboxylic acids is 1.